The fraction of sp³-hybridized carbons (Fsp3) is 0.421. The van der Waals surface area contributed by atoms with Gasteiger partial charge in [-0.3, -0.25) is 4.79 Å². The SMILES string of the molecule is COc1ccccc1CC(=O)NC(c1cccs1)C1CCOCC1. The molecule has 4 nitrogen and oxygen atoms in total. The molecule has 1 amide bonds. The molecular weight excluding hydrogens is 322 g/mol. The van der Waals surface area contributed by atoms with Crippen LogP contribution in [0.3, 0.4) is 0 Å². The van der Waals surface area contributed by atoms with Crippen molar-refractivity contribution in [3.63, 3.8) is 0 Å². The summed E-state index contributed by atoms with van der Waals surface area (Å²) in [6, 6.07) is 11.9. The lowest BCUT2D eigenvalue weighted by Gasteiger charge is -2.30. The molecule has 1 saturated heterocycles. The molecule has 2 aromatic rings. The van der Waals surface area contributed by atoms with Gasteiger partial charge in [-0.1, -0.05) is 24.3 Å². The van der Waals surface area contributed by atoms with Crippen LogP contribution < -0.4 is 10.1 Å². The summed E-state index contributed by atoms with van der Waals surface area (Å²) >= 11 is 1.70. The number of para-hydroxylation sites is 1. The number of methoxy groups -OCH3 is 1. The van der Waals surface area contributed by atoms with Crippen molar-refractivity contribution >= 4 is 17.2 Å². The predicted octanol–water partition coefficient (Wildman–Crippen LogP) is 3.58. The second kappa shape index (κ2) is 8.31. The van der Waals surface area contributed by atoms with E-state index < -0.39 is 0 Å². The Kier molecular flexibility index (Phi) is 5.88. The number of thiophene rings is 1. The van der Waals surface area contributed by atoms with Crippen molar-refractivity contribution in [3.05, 3.63) is 52.2 Å². The molecule has 24 heavy (non-hydrogen) atoms. The number of carbonyl (C=O) groups excluding carboxylic acids is 1. The Balaban J connectivity index is 1.71. The van der Waals surface area contributed by atoms with E-state index in [1.54, 1.807) is 18.4 Å². The van der Waals surface area contributed by atoms with Crippen molar-refractivity contribution in [2.45, 2.75) is 25.3 Å². The first-order chi connectivity index (χ1) is 11.8. The molecule has 0 bridgehead atoms. The number of hydrogen-bond donors (Lipinski definition) is 1. The van der Waals surface area contributed by atoms with Crippen molar-refractivity contribution < 1.29 is 14.3 Å². The largest absolute Gasteiger partial charge is 0.496 e. The van der Waals surface area contributed by atoms with Gasteiger partial charge in [-0.15, -0.1) is 11.3 Å². The van der Waals surface area contributed by atoms with Crippen LogP contribution in [0.4, 0.5) is 0 Å². The Bertz CT molecular complexity index is 650. The Morgan fingerprint density at radius 3 is 2.79 bits per heavy atom. The van der Waals surface area contributed by atoms with Crippen LogP contribution in [0.1, 0.15) is 29.3 Å². The van der Waals surface area contributed by atoms with E-state index in [1.807, 2.05) is 30.3 Å². The Morgan fingerprint density at radius 1 is 1.29 bits per heavy atom. The molecule has 128 valence electrons. The van der Waals surface area contributed by atoms with Crippen LogP contribution >= 0.6 is 11.3 Å². The second-order valence-electron chi connectivity index (χ2n) is 6.00. The van der Waals surface area contributed by atoms with Crippen LogP contribution in [0.15, 0.2) is 41.8 Å². The first-order valence-electron chi connectivity index (χ1n) is 8.30. The summed E-state index contributed by atoms with van der Waals surface area (Å²) in [6.07, 6.45) is 2.30. The molecule has 0 saturated carbocycles. The molecule has 1 fully saturated rings. The lowest BCUT2D eigenvalue weighted by molar-refractivity contribution is -0.121. The standard InChI is InChI=1S/C19H23NO3S/c1-22-16-6-3-2-5-15(16)13-18(21)20-19(17-7-4-12-24-17)14-8-10-23-11-9-14/h2-7,12,14,19H,8-11,13H2,1H3,(H,20,21). The average Bonchev–Trinajstić information content (AvgIpc) is 3.15. The van der Waals surface area contributed by atoms with E-state index in [2.05, 4.69) is 16.8 Å². The molecule has 1 atom stereocenters. The zero-order chi connectivity index (χ0) is 16.8. The fourth-order valence-corrected chi connectivity index (χ4v) is 4.05. The van der Waals surface area contributed by atoms with Gasteiger partial charge in [0.1, 0.15) is 5.75 Å². The highest BCUT2D eigenvalue weighted by atomic mass is 32.1. The monoisotopic (exact) mass is 345 g/mol. The molecule has 1 unspecified atom stereocenters. The number of rotatable bonds is 6. The van der Waals surface area contributed by atoms with Crippen LogP contribution in [0.25, 0.3) is 0 Å². The van der Waals surface area contributed by atoms with Gasteiger partial charge in [-0.25, -0.2) is 0 Å². The fourth-order valence-electron chi connectivity index (χ4n) is 3.19. The van der Waals surface area contributed by atoms with Gasteiger partial charge < -0.3 is 14.8 Å². The molecule has 1 aromatic carbocycles. The quantitative estimate of drug-likeness (QED) is 0.870. The highest BCUT2D eigenvalue weighted by Gasteiger charge is 2.27. The molecule has 0 aliphatic carbocycles. The zero-order valence-corrected chi connectivity index (χ0v) is 14.7. The molecule has 0 spiro atoms. The number of benzene rings is 1. The molecule has 3 rings (SSSR count). The van der Waals surface area contributed by atoms with E-state index in [9.17, 15) is 4.79 Å². The average molecular weight is 345 g/mol. The van der Waals surface area contributed by atoms with Gasteiger partial charge in [0, 0.05) is 23.7 Å². The van der Waals surface area contributed by atoms with E-state index in [4.69, 9.17) is 9.47 Å². The van der Waals surface area contributed by atoms with Crippen molar-refractivity contribution in [1.82, 2.24) is 5.32 Å². The third-order valence-electron chi connectivity index (χ3n) is 4.45. The number of ether oxygens (including phenoxy) is 2. The van der Waals surface area contributed by atoms with E-state index in [1.165, 1.54) is 4.88 Å². The smallest absolute Gasteiger partial charge is 0.225 e. The molecule has 1 aromatic heterocycles. The summed E-state index contributed by atoms with van der Waals surface area (Å²) < 4.78 is 10.8. The molecule has 2 heterocycles. The number of amides is 1. The highest BCUT2D eigenvalue weighted by Crippen LogP contribution is 2.32. The summed E-state index contributed by atoms with van der Waals surface area (Å²) in [6.45, 7) is 1.55. The lowest BCUT2D eigenvalue weighted by atomic mass is 9.90. The van der Waals surface area contributed by atoms with Crippen molar-refractivity contribution in [2.24, 2.45) is 5.92 Å². The van der Waals surface area contributed by atoms with E-state index in [0.717, 1.165) is 37.4 Å². The Hall–Kier alpha value is -1.85. The molecule has 1 aliphatic rings. The summed E-state index contributed by atoms with van der Waals surface area (Å²) in [7, 11) is 1.63. The van der Waals surface area contributed by atoms with E-state index in [-0.39, 0.29) is 11.9 Å². The minimum atomic E-state index is 0.0318. The lowest BCUT2D eigenvalue weighted by Crippen LogP contribution is -2.36. The number of carbonyl (C=O) groups is 1. The first-order valence-corrected chi connectivity index (χ1v) is 9.18. The molecule has 1 N–H and O–H groups in total. The number of hydrogen-bond acceptors (Lipinski definition) is 4. The second-order valence-corrected chi connectivity index (χ2v) is 6.98. The van der Waals surface area contributed by atoms with Crippen molar-refractivity contribution in [3.8, 4) is 5.75 Å². The molecule has 0 radical (unpaired) electrons. The van der Waals surface area contributed by atoms with Gasteiger partial charge in [0.15, 0.2) is 0 Å². The normalized spacial score (nSPS) is 16.5. The minimum absolute atomic E-state index is 0.0318. The van der Waals surface area contributed by atoms with Gasteiger partial charge in [0.2, 0.25) is 5.91 Å². The topological polar surface area (TPSA) is 47.6 Å². The third kappa shape index (κ3) is 4.16. The predicted molar refractivity (Wildman–Crippen MR) is 95.4 cm³/mol. The zero-order valence-electron chi connectivity index (χ0n) is 13.9. The van der Waals surface area contributed by atoms with Crippen LogP contribution in [-0.4, -0.2) is 26.2 Å². The van der Waals surface area contributed by atoms with Gasteiger partial charge >= 0.3 is 0 Å². The molecule has 5 heteroatoms. The van der Waals surface area contributed by atoms with Crippen molar-refractivity contribution in [1.29, 1.82) is 0 Å². The Morgan fingerprint density at radius 2 is 2.08 bits per heavy atom. The van der Waals surface area contributed by atoms with Crippen LogP contribution in [-0.2, 0) is 16.0 Å². The van der Waals surface area contributed by atoms with Gasteiger partial charge in [0.25, 0.3) is 0 Å². The minimum Gasteiger partial charge on any atom is -0.496 e. The molecular formula is C19H23NO3S. The highest BCUT2D eigenvalue weighted by molar-refractivity contribution is 7.10. The third-order valence-corrected chi connectivity index (χ3v) is 5.40. The maximum Gasteiger partial charge on any atom is 0.225 e. The maximum absolute atomic E-state index is 12.6. The van der Waals surface area contributed by atoms with Crippen molar-refractivity contribution in [2.75, 3.05) is 20.3 Å². The Labute approximate surface area is 146 Å². The van der Waals surface area contributed by atoms with Crippen LogP contribution in [0.2, 0.25) is 0 Å². The van der Waals surface area contributed by atoms with Crippen LogP contribution in [0.5, 0.6) is 5.75 Å². The van der Waals surface area contributed by atoms with E-state index in [0.29, 0.717) is 12.3 Å². The van der Waals surface area contributed by atoms with Crippen LogP contribution in [0, 0.1) is 5.92 Å². The maximum atomic E-state index is 12.6. The summed E-state index contributed by atoms with van der Waals surface area (Å²) in [5.41, 5.74) is 0.911. The van der Waals surface area contributed by atoms with Gasteiger partial charge in [0.05, 0.1) is 19.6 Å². The summed E-state index contributed by atoms with van der Waals surface area (Å²) in [5, 5.41) is 5.31. The summed E-state index contributed by atoms with van der Waals surface area (Å²) in [4.78, 5) is 13.9. The van der Waals surface area contributed by atoms with Gasteiger partial charge in [-0.05, 0) is 36.3 Å². The first kappa shape index (κ1) is 17.0. The molecule has 1 aliphatic heterocycles. The summed E-state index contributed by atoms with van der Waals surface area (Å²) in [5.74, 6) is 1.22. The number of nitrogens with one attached hydrogen (secondary N) is 1. The van der Waals surface area contributed by atoms with Gasteiger partial charge in [-0.2, -0.15) is 0 Å². The van der Waals surface area contributed by atoms with E-state index >= 15 is 0 Å².